The Morgan fingerprint density at radius 2 is 2.10 bits per heavy atom. The van der Waals surface area contributed by atoms with Gasteiger partial charge in [0.15, 0.2) is 0 Å². The monoisotopic (exact) mass is 285 g/mol. The molecule has 1 aromatic carbocycles. The SMILES string of the molecule is O=C(Nc1ccc2c(c1)CCCN2)C1CC12CCNCC2. The molecule has 4 heteroatoms. The van der Waals surface area contributed by atoms with Gasteiger partial charge in [-0.15, -0.1) is 0 Å². The van der Waals surface area contributed by atoms with Gasteiger partial charge in [0.25, 0.3) is 0 Å². The van der Waals surface area contributed by atoms with E-state index < -0.39 is 0 Å². The Labute approximate surface area is 125 Å². The van der Waals surface area contributed by atoms with Crippen LogP contribution >= 0.6 is 0 Å². The molecule has 1 aromatic rings. The molecule has 1 saturated heterocycles. The van der Waals surface area contributed by atoms with Crippen LogP contribution in [0.5, 0.6) is 0 Å². The summed E-state index contributed by atoms with van der Waals surface area (Å²) in [6.45, 7) is 3.18. The van der Waals surface area contributed by atoms with Gasteiger partial charge in [0.2, 0.25) is 5.91 Å². The highest BCUT2D eigenvalue weighted by Gasteiger charge is 2.57. The summed E-state index contributed by atoms with van der Waals surface area (Å²) in [7, 11) is 0. The fraction of sp³-hybridized carbons (Fsp3) is 0.588. The molecule has 1 unspecified atom stereocenters. The van der Waals surface area contributed by atoms with Gasteiger partial charge in [0, 0.05) is 23.8 Å². The molecule has 4 rings (SSSR count). The summed E-state index contributed by atoms with van der Waals surface area (Å²) in [5, 5.41) is 9.93. The van der Waals surface area contributed by atoms with Gasteiger partial charge in [-0.25, -0.2) is 0 Å². The summed E-state index contributed by atoms with van der Waals surface area (Å²) in [4.78, 5) is 12.5. The number of hydrogen-bond acceptors (Lipinski definition) is 3. The first-order valence-corrected chi connectivity index (χ1v) is 8.15. The fourth-order valence-corrected chi connectivity index (χ4v) is 3.98. The lowest BCUT2D eigenvalue weighted by molar-refractivity contribution is -0.118. The van der Waals surface area contributed by atoms with Crippen molar-refractivity contribution in [3.8, 4) is 0 Å². The van der Waals surface area contributed by atoms with Crippen molar-refractivity contribution >= 4 is 17.3 Å². The lowest BCUT2D eigenvalue weighted by atomic mass is 9.91. The van der Waals surface area contributed by atoms with Crippen LogP contribution in [0, 0.1) is 11.3 Å². The van der Waals surface area contributed by atoms with E-state index in [9.17, 15) is 4.79 Å². The van der Waals surface area contributed by atoms with Crippen LogP contribution in [0.3, 0.4) is 0 Å². The minimum absolute atomic E-state index is 0.223. The van der Waals surface area contributed by atoms with E-state index in [0.717, 1.165) is 51.0 Å². The third-order valence-electron chi connectivity index (χ3n) is 5.42. The van der Waals surface area contributed by atoms with E-state index in [4.69, 9.17) is 0 Å². The number of anilines is 2. The molecule has 1 saturated carbocycles. The lowest BCUT2D eigenvalue weighted by Crippen LogP contribution is -2.31. The quantitative estimate of drug-likeness (QED) is 0.782. The summed E-state index contributed by atoms with van der Waals surface area (Å²) in [6.07, 6.45) is 5.65. The maximum absolute atomic E-state index is 12.5. The number of carbonyl (C=O) groups excluding carboxylic acids is 1. The van der Waals surface area contributed by atoms with Gasteiger partial charge in [-0.1, -0.05) is 0 Å². The van der Waals surface area contributed by atoms with Crippen molar-refractivity contribution in [3.05, 3.63) is 23.8 Å². The van der Waals surface area contributed by atoms with Crippen molar-refractivity contribution in [2.75, 3.05) is 30.3 Å². The summed E-state index contributed by atoms with van der Waals surface area (Å²) >= 11 is 0. The molecule has 112 valence electrons. The van der Waals surface area contributed by atoms with Crippen molar-refractivity contribution in [2.24, 2.45) is 11.3 Å². The van der Waals surface area contributed by atoms with Crippen molar-refractivity contribution < 1.29 is 4.79 Å². The molecular formula is C17H23N3O. The molecule has 3 N–H and O–H groups in total. The van der Waals surface area contributed by atoms with Gasteiger partial charge in [0.1, 0.15) is 0 Å². The zero-order valence-electron chi connectivity index (χ0n) is 12.4. The molecule has 2 aliphatic heterocycles. The Kier molecular flexibility index (Phi) is 3.14. The molecule has 0 bridgehead atoms. The third kappa shape index (κ3) is 2.42. The summed E-state index contributed by atoms with van der Waals surface area (Å²) in [5.41, 5.74) is 3.82. The first-order chi connectivity index (χ1) is 10.3. The van der Waals surface area contributed by atoms with Crippen LogP contribution in [0.15, 0.2) is 18.2 Å². The van der Waals surface area contributed by atoms with E-state index >= 15 is 0 Å². The largest absolute Gasteiger partial charge is 0.385 e. The van der Waals surface area contributed by atoms with E-state index in [1.807, 2.05) is 6.07 Å². The molecule has 2 heterocycles. The van der Waals surface area contributed by atoms with E-state index in [-0.39, 0.29) is 11.8 Å². The van der Waals surface area contributed by atoms with Crippen LogP contribution in [-0.4, -0.2) is 25.5 Å². The normalized spacial score (nSPS) is 25.8. The number of amides is 1. The highest BCUT2D eigenvalue weighted by molar-refractivity contribution is 5.95. The summed E-state index contributed by atoms with van der Waals surface area (Å²) in [6, 6.07) is 6.25. The number of piperidine rings is 1. The second kappa shape index (κ2) is 5.02. The van der Waals surface area contributed by atoms with Gasteiger partial charge < -0.3 is 16.0 Å². The second-order valence-electron chi connectivity index (χ2n) is 6.76. The molecule has 3 aliphatic rings. The van der Waals surface area contributed by atoms with E-state index in [2.05, 4.69) is 28.1 Å². The molecule has 1 spiro atoms. The zero-order chi connectivity index (χ0) is 14.3. The van der Waals surface area contributed by atoms with Crippen LogP contribution < -0.4 is 16.0 Å². The van der Waals surface area contributed by atoms with Crippen LogP contribution in [0.2, 0.25) is 0 Å². The fourth-order valence-electron chi connectivity index (χ4n) is 3.98. The summed E-state index contributed by atoms with van der Waals surface area (Å²) < 4.78 is 0. The zero-order valence-corrected chi connectivity index (χ0v) is 12.4. The average Bonchev–Trinajstić information content (AvgIpc) is 3.21. The molecule has 0 radical (unpaired) electrons. The lowest BCUT2D eigenvalue weighted by Gasteiger charge is -2.23. The maximum atomic E-state index is 12.5. The highest BCUT2D eigenvalue weighted by Crippen LogP contribution is 2.58. The topological polar surface area (TPSA) is 53.2 Å². The molecule has 21 heavy (non-hydrogen) atoms. The van der Waals surface area contributed by atoms with Crippen LogP contribution in [-0.2, 0) is 11.2 Å². The van der Waals surface area contributed by atoms with Gasteiger partial charge in [0.05, 0.1) is 0 Å². The molecule has 2 fully saturated rings. The van der Waals surface area contributed by atoms with Crippen molar-refractivity contribution in [1.82, 2.24) is 5.32 Å². The predicted octanol–water partition coefficient (Wildman–Crippen LogP) is 2.37. The Hall–Kier alpha value is -1.55. The number of carbonyl (C=O) groups is 1. The smallest absolute Gasteiger partial charge is 0.228 e. The van der Waals surface area contributed by atoms with Crippen LogP contribution in [0.25, 0.3) is 0 Å². The van der Waals surface area contributed by atoms with Gasteiger partial charge >= 0.3 is 0 Å². The third-order valence-corrected chi connectivity index (χ3v) is 5.42. The second-order valence-corrected chi connectivity index (χ2v) is 6.76. The molecule has 1 aliphatic carbocycles. The first kappa shape index (κ1) is 13.1. The minimum atomic E-state index is 0.223. The van der Waals surface area contributed by atoms with Gasteiger partial charge in [-0.3, -0.25) is 4.79 Å². The van der Waals surface area contributed by atoms with Crippen LogP contribution in [0.1, 0.15) is 31.2 Å². The van der Waals surface area contributed by atoms with Crippen molar-refractivity contribution in [3.63, 3.8) is 0 Å². The van der Waals surface area contributed by atoms with Crippen LogP contribution in [0.4, 0.5) is 11.4 Å². The number of fused-ring (bicyclic) bond motifs is 1. The molecular weight excluding hydrogens is 262 g/mol. The van der Waals surface area contributed by atoms with Gasteiger partial charge in [-0.05, 0) is 74.4 Å². The standard InChI is InChI=1S/C17H23N3O/c21-16(14-11-17(14)5-8-18-9-6-17)20-13-3-4-15-12(10-13)2-1-7-19-15/h3-4,10,14,18-19H,1-2,5-9,11H2,(H,20,21). The Balaban J connectivity index is 1.43. The van der Waals surface area contributed by atoms with E-state index in [1.54, 1.807) is 0 Å². The van der Waals surface area contributed by atoms with Gasteiger partial charge in [-0.2, -0.15) is 0 Å². The number of rotatable bonds is 2. The Morgan fingerprint density at radius 3 is 2.95 bits per heavy atom. The molecule has 0 aromatic heterocycles. The van der Waals surface area contributed by atoms with E-state index in [1.165, 1.54) is 17.7 Å². The Morgan fingerprint density at radius 1 is 1.24 bits per heavy atom. The number of hydrogen-bond donors (Lipinski definition) is 3. The molecule has 4 nitrogen and oxygen atoms in total. The average molecular weight is 285 g/mol. The maximum Gasteiger partial charge on any atom is 0.228 e. The minimum Gasteiger partial charge on any atom is -0.385 e. The predicted molar refractivity (Wildman–Crippen MR) is 84.5 cm³/mol. The Bertz CT molecular complexity index is 563. The first-order valence-electron chi connectivity index (χ1n) is 8.15. The van der Waals surface area contributed by atoms with Crippen molar-refractivity contribution in [1.29, 1.82) is 0 Å². The highest BCUT2D eigenvalue weighted by atomic mass is 16.2. The van der Waals surface area contributed by atoms with E-state index in [0.29, 0.717) is 5.41 Å². The number of aryl methyl sites for hydroxylation is 1. The van der Waals surface area contributed by atoms with Crippen molar-refractivity contribution in [2.45, 2.75) is 32.1 Å². The number of nitrogens with one attached hydrogen (secondary N) is 3. The molecule has 1 atom stereocenters. The summed E-state index contributed by atoms with van der Waals surface area (Å²) in [5.74, 6) is 0.453. The molecule has 1 amide bonds. The number of benzene rings is 1.